The summed E-state index contributed by atoms with van der Waals surface area (Å²) in [6, 6.07) is -0.196. The smallest absolute Gasteiger partial charge is 0.312 e. The maximum Gasteiger partial charge on any atom is 0.312 e. The van der Waals surface area contributed by atoms with Crippen molar-refractivity contribution < 1.29 is 14.7 Å². The van der Waals surface area contributed by atoms with E-state index in [1.54, 1.807) is 11.3 Å². The Kier molecular flexibility index (Phi) is 3.37. The molecule has 1 amide bonds. The Labute approximate surface area is 120 Å². The second kappa shape index (κ2) is 5.05. The van der Waals surface area contributed by atoms with Crippen molar-refractivity contribution in [2.24, 2.45) is 0 Å². The molecule has 7 heteroatoms. The van der Waals surface area contributed by atoms with Crippen LogP contribution < -0.4 is 10.2 Å². The molecule has 0 aromatic carbocycles. The Morgan fingerprint density at radius 1 is 1.60 bits per heavy atom. The average Bonchev–Trinajstić information content (AvgIpc) is 2.97. The SMILES string of the molecule is CCC1C(=O)NCCN1c1nc2c(s1)CCC2C(=O)O. The molecule has 2 atom stereocenters. The monoisotopic (exact) mass is 295 g/mol. The minimum Gasteiger partial charge on any atom is -0.481 e. The molecule has 0 radical (unpaired) electrons. The molecule has 20 heavy (non-hydrogen) atoms. The molecule has 3 rings (SSSR count). The van der Waals surface area contributed by atoms with Crippen LogP contribution >= 0.6 is 11.3 Å². The number of thiazole rings is 1. The van der Waals surface area contributed by atoms with E-state index in [2.05, 4.69) is 10.3 Å². The van der Waals surface area contributed by atoms with Crippen molar-refractivity contribution >= 4 is 28.3 Å². The lowest BCUT2D eigenvalue weighted by molar-refractivity contribution is -0.138. The molecular formula is C13H17N3O3S. The summed E-state index contributed by atoms with van der Waals surface area (Å²) in [6.45, 7) is 3.32. The average molecular weight is 295 g/mol. The van der Waals surface area contributed by atoms with Crippen molar-refractivity contribution in [3.05, 3.63) is 10.6 Å². The van der Waals surface area contributed by atoms with Crippen LogP contribution in [0.5, 0.6) is 0 Å². The fraction of sp³-hybridized carbons (Fsp3) is 0.615. The normalized spacial score (nSPS) is 25.4. The molecule has 1 aliphatic heterocycles. The lowest BCUT2D eigenvalue weighted by Gasteiger charge is -2.34. The summed E-state index contributed by atoms with van der Waals surface area (Å²) >= 11 is 1.54. The number of nitrogens with zero attached hydrogens (tertiary/aromatic N) is 2. The van der Waals surface area contributed by atoms with E-state index >= 15 is 0 Å². The van der Waals surface area contributed by atoms with Crippen LogP contribution in [-0.4, -0.2) is 41.1 Å². The molecule has 2 heterocycles. The van der Waals surface area contributed by atoms with Gasteiger partial charge in [-0.25, -0.2) is 4.98 Å². The van der Waals surface area contributed by atoms with Crippen molar-refractivity contribution in [3.63, 3.8) is 0 Å². The molecule has 1 aromatic rings. The Morgan fingerprint density at radius 2 is 2.40 bits per heavy atom. The van der Waals surface area contributed by atoms with Crippen molar-refractivity contribution in [2.45, 2.75) is 38.1 Å². The third kappa shape index (κ3) is 2.06. The lowest BCUT2D eigenvalue weighted by Crippen LogP contribution is -2.55. The number of amides is 1. The van der Waals surface area contributed by atoms with E-state index in [9.17, 15) is 14.7 Å². The summed E-state index contributed by atoms with van der Waals surface area (Å²) in [6.07, 6.45) is 2.14. The first-order chi connectivity index (χ1) is 9.61. The van der Waals surface area contributed by atoms with Gasteiger partial charge in [0.05, 0.1) is 5.69 Å². The number of anilines is 1. The van der Waals surface area contributed by atoms with Gasteiger partial charge < -0.3 is 15.3 Å². The predicted molar refractivity (Wildman–Crippen MR) is 75.2 cm³/mol. The standard InChI is InChI=1S/C13H17N3O3S/c1-2-8-11(17)14-5-6-16(8)13-15-10-7(12(18)19)3-4-9(10)20-13/h7-8H,2-6H2,1H3,(H,14,17)(H,18,19). The number of carbonyl (C=O) groups is 2. The van der Waals surface area contributed by atoms with Gasteiger partial charge >= 0.3 is 5.97 Å². The zero-order chi connectivity index (χ0) is 14.3. The zero-order valence-corrected chi connectivity index (χ0v) is 12.1. The number of hydrogen-bond acceptors (Lipinski definition) is 5. The highest BCUT2D eigenvalue weighted by Gasteiger charge is 2.36. The molecule has 1 saturated heterocycles. The number of aryl methyl sites for hydroxylation is 1. The second-order valence-electron chi connectivity index (χ2n) is 5.14. The number of aliphatic carboxylic acids is 1. The first kappa shape index (κ1) is 13.4. The summed E-state index contributed by atoms with van der Waals surface area (Å²) in [5.41, 5.74) is 0.707. The number of carbonyl (C=O) groups excluding carboxylic acids is 1. The fourth-order valence-electron chi connectivity index (χ4n) is 2.93. The number of hydrogen-bond donors (Lipinski definition) is 2. The van der Waals surface area contributed by atoms with Crippen LogP contribution in [0, 0.1) is 0 Å². The highest BCUT2D eigenvalue weighted by molar-refractivity contribution is 7.15. The second-order valence-corrected chi connectivity index (χ2v) is 6.20. The summed E-state index contributed by atoms with van der Waals surface area (Å²) < 4.78 is 0. The molecule has 0 bridgehead atoms. The van der Waals surface area contributed by atoms with Gasteiger partial charge in [-0.05, 0) is 19.3 Å². The molecule has 2 N–H and O–H groups in total. The molecule has 0 spiro atoms. The number of fused-ring (bicyclic) bond motifs is 1. The Hall–Kier alpha value is -1.63. The van der Waals surface area contributed by atoms with Gasteiger partial charge in [0.1, 0.15) is 12.0 Å². The van der Waals surface area contributed by atoms with E-state index in [0.717, 1.165) is 29.4 Å². The highest BCUT2D eigenvalue weighted by Crippen LogP contribution is 2.40. The van der Waals surface area contributed by atoms with E-state index in [4.69, 9.17) is 0 Å². The number of carboxylic acid groups (broad SMARTS) is 1. The maximum absolute atomic E-state index is 11.9. The first-order valence-corrected chi connectivity index (χ1v) is 7.70. The zero-order valence-electron chi connectivity index (χ0n) is 11.3. The Bertz CT molecular complexity index is 557. The molecule has 1 aliphatic carbocycles. The van der Waals surface area contributed by atoms with E-state index in [1.807, 2.05) is 11.8 Å². The van der Waals surface area contributed by atoms with Gasteiger partial charge in [0.25, 0.3) is 0 Å². The van der Waals surface area contributed by atoms with Crippen LogP contribution in [0.2, 0.25) is 0 Å². The van der Waals surface area contributed by atoms with Crippen molar-refractivity contribution in [1.82, 2.24) is 10.3 Å². The number of aromatic nitrogens is 1. The van der Waals surface area contributed by atoms with Crippen LogP contribution in [0.3, 0.4) is 0 Å². The van der Waals surface area contributed by atoms with Crippen LogP contribution in [0.4, 0.5) is 5.13 Å². The molecule has 0 saturated carbocycles. The van der Waals surface area contributed by atoms with Gasteiger partial charge in [-0.15, -0.1) is 11.3 Å². The van der Waals surface area contributed by atoms with Gasteiger partial charge in [0, 0.05) is 18.0 Å². The predicted octanol–water partition coefficient (Wildman–Crippen LogP) is 0.972. The number of piperazine rings is 1. The highest BCUT2D eigenvalue weighted by atomic mass is 32.1. The van der Waals surface area contributed by atoms with Crippen molar-refractivity contribution in [2.75, 3.05) is 18.0 Å². The molecule has 1 fully saturated rings. The minimum absolute atomic E-state index is 0.0314. The Balaban J connectivity index is 1.90. The van der Waals surface area contributed by atoms with E-state index < -0.39 is 11.9 Å². The topological polar surface area (TPSA) is 82.5 Å². The molecule has 108 valence electrons. The maximum atomic E-state index is 11.9. The van der Waals surface area contributed by atoms with E-state index in [0.29, 0.717) is 18.7 Å². The van der Waals surface area contributed by atoms with Gasteiger partial charge in [-0.3, -0.25) is 9.59 Å². The lowest BCUT2D eigenvalue weighted by atomic mass is 10.1. The van der Waals surface area contributed by atoms with Crippen molar-refractivity contribution in [3.8, 4) is 0 Å². The summed E-state index contributed by atoms with van der Waals surface area (Å²) in [4.78, 5) is 30.7. The van der Waals surface area contributed by atoms with Crippen LogP contribution in [-0.2, 0) is 16.0 Å². The molecular weight excluding hydrogens is 278 g/mol. The first-order valence-electron chi connectivity index (χ1n) is 6.88. The van der Waals surface area contributed by atoms with Crippen LogP contribution in [0.25, 0.3) is 0 Å². The largest absolute Gasteiger partial charge is 0.481 e. The van der Waals surface area contributed by atoms with E-state index in [-0.39, 0.29) is 11.9 Å². The summed E-state index contributed by atoms with van der Waals surface area (Å²) in [5.74, 6) is -1.25. The quantitative estimate of drug-likeness (QED) is 0.868. The van der Waals surface area contributed by atoms with Gasteiger partial charge in [-0.1, -0.05) is 6.92 Å². The van der Waals surface area contributed by atoms with Crippen molar-refractivity contribution in [1.29, 1.82) is 0 Å². The van der Waals surface area contributed by atoms with Gasteiger partial charge in [0.2, 0.25) is 5.91 Å². The van der Waals surface area contributed by atoms with Gasteiger partial charge in [-0.2, -0.15) is 0 Å². The molecule has 6 nitrogen and oxygen atoms in total. The third-order valence-electron chi connectivity index (χ3n) is 3.97. The number of rotatable bonds is 3. The minimum atomic E-state index is -0.802. The third-order valence-corrected chi connectivity index (χ3v) is 5.14. The summed E-state index contributed by atoms with van der Waals surface area (Å²) in [7, 11) is 0. The fourth-order valence-corrected chi connectivity index (χ4v) is 4.14. The Morgan fingerprint density at radius 3 is 3.10 bits per heavy atom. The number of carboxylic acids is 1. The van der Waals surface area contributed by atoms with E-state index in [1.165, 1.54) is 0 Å². The van der Waals surface area contributed by atoms with Crippen LogP contribution in [0.15, 0.2) is 0 Å². The number of nitrogens with one attached hydrogen (secondary N) is 1. The molecule has 2 aliphatic rings. The molecule has 1 aromatic heterocycles. The summed E-state index contributed by atoms with van der Waals surface area (Å²) in [5, 5.41) is 12.9. The molecule has 2 unspecified atom stereocenters. The van der Waals surface area contributed by atoms with Crippen LogP contribution in [0.1, 0.15) is 36.3 Å². The van der Waals surface area contributed by atoms with Gasteiger partial charge in [0.15, 0.2) is 5.13 Å².